The van der Waals surface area contributed by atoms with Crippen LogP contribution in [0.1, 0.15) is 23.7 Å². The molecular formula is C13H12Cl2N6O2. The summed E-state index contributed by atoms with van der Waals surface area (Å²) in [6.07, 6.45) is 1.78. The molecule has 1 aromatic carbocycles. The van der Waals surface area contributed by atoms with Crippen LogP contribution >= 0.6 is 23.2 Å². The van der Waals surface area contributed by atoms with E-state index in [0.29, 0.717) is 17.7 Å². The molecule has 1 saturated carbocycles. The summed E-state index contributed by atoms with van der Waals surface area (Å²) in [6, 6.07) is 6.53. The lowest BCUT2D eigenvalue weighted by Gasteiger charge is -2.13. The maximum Gasteiger partial charge on any atom is 0.269 e. The number of hydrogen-bond donors (Lipinski definition) is 2. The zero-order valence-corrected chi connectivity index (χ0v) is 13.5. The van der Waals surface area contributed by atoms with Gasteiger partial charge in [0, 0.05) is 5.56 Å². The quantitative estimate of drug-likeness (QED) is 0.632. The maximum atomic E-state index is 12.0. The molecule has 0 aliphatic heterocycles. The standard InChI is InChI=1S/C13H12Cl2N6O2/c1-12(6-13(12,14)15)11(23)18-17-10(22)8-2-4-9(5-3-8)21-7-16-19-20-21/h2-5,7H,6H2,1H3,(H,17,22)(H,18,23). The lowest BCUT2D eigenvalue weighted by molar-refractivity contribution is -0.126. The Morgan fingerprint density at radius 1 is 1.22 bits per heavy atom. The molecule has 0 radical (unpaired) electrons. The van der Waals surface area contributed by atoms with E-state index in [4.69, 9.17) is 23.2 Å². The molecule has 8 nitrogen and oxygen atoms in total. The van der Waals surface area contributed by atoms with Crippen LogP contribution in [0.25, 0.3) is 5.69 Å². The second kappa shape index (κ2) is 5.47. The van der Waals surface area contributed by atoms with Gasteiger partial charge in [0.15, 0.2) is 0 Å². The zero-order chi connectivity index (χ0) is 16.7. The number of rotatable bonds is 3. The summed E-state index contributed by atoms with van der Waals surface area (Å²) in [6.45, 7) is 1.63. The first-order chi connectivity index (χ1) is 10.8. The Morgan fingerprint density at radius 2 is 1.87 bits per heavy atom. The van der Waals surface area contributed by atoms with E-state index in [0.717, 1.165) is 0 Å². The van der Waals surface area contributed by atoms with Gasteiger partial charge in [0.1, 0.15) is 10.7 Å². The Bertz CT molecular complexity index is 746. The van der Waals surface area contributed by atoms with Gasteiger partial charge in [0.05, 0.1) is 11.1 Å². The number of aromatic nitrogens is 4. The van der Waals surface area contributed by atoms with Crippen molar-refractivity contribution in [3.8, 4) is 5.69 Å². The summed E-state index contributed by atoms with van der Waals surface area (Å²) in [7, 11) is 0. The average molecular weight is 355 g/mol. The Hall–Kier alpha value is -2.19. The first kappa shape index (κ1) is 15.7. The summed E-state index contributed by atoms with van der Waals surface area (Å²) >= 11 is 11.8. The average Bonchev–Trinajstić information content (AvgIpc) is 2.92. The Kier molecular flexibility index (Phi) is 3.73. The Balaban J connectivity index is 1.60. The molecule has 1 atom stereocenters. The number of halogens is 2. The number of alkyl halides is 2. The molecule has 1 aromatic heterocycles. The van der Waals surface area contributed by atoms with E-state index in [1.807, 2.05) is 0 Å². The lowest BCUT2D eigenvalue weighted by Crippen LogP contribution is -2.45. The third kappa shape index (κ3) is 2.87. The van der Waals surface area contributed by atoms with Gasteiger partial charge in [-0.1, -0.05) is 0 Å². The van der Waals surface area contributed by atoms with Gasteiger partial charge in [-0.15, -0.1) is 28.3 Å². The fourth-order valence-electron chi connectivity index (χ4n) is 2.02. The molecule has 1 aliphatic rings. The third-order valence-corrected chi connectivity index (χ3v) is 4.89. The van der Waals surface area contributed by atoms with Gasteiger partial charge in [0.2, 0.25) is 5.91 Å². The van der Waals surface area contributed by atoms with E-state index < -0.39 is 21.6 Å². The lowest BCUT2D eigenvalue weighted by atomic mass is 10.1. The first-order valence-electron chi connectivity index (χ1n) is 6.65. The van der Waals surface area contributed by atoms with E-state index in [1.165, 1.54) is 11.0 Å². The zero-order valence-electron chi connectivity index (χ0n) is 12.0. The predicted octanol–water partition coefficient (Wildman–Crippen LogP) is 1.01. The van der Waals surface area contributed by atoms with E-state index in [1.54, 1.807) is 31.2 Å². The number of nitrogens with one attached hydrogen (secondary N) is 2. The van der Waals surface area contributed by atoms with Crippen molar-refractivity contribution in [1.82, 2.24) is 31.1 Å². The summed E-state index contributed by atoms with van der Waals surface area (Å²) in [5.41, 5.74) is 4.85. The molecule has 0 bridgehead atoms. The minimum atomic E-state index is -1.09. The number of tetrazole rings is 1. The first-order valence-corrected chi connectivity index (χ1v) is 7.41. The van der Waals surface area contributed by atoms with Gasteiger partial charge in [-0.25, -0.2) is 4.68 Å². The fourth-order valence-corrected chi connectivity index (χ4v) is 2.72. The number of benzene rings is 1. The van der Waals surface area contributed by atoms with E-state index >= 15 is 0 Å². The summed E-state index contributed by atoms with van der Waals surface area (Å²) in [5, 5.41) is 10.8. The topological polar surface area (TPSA) is 102 Å². The van der Waals surface area contributed by atoms with Crippen LogP contribution in [-0.4, -0.2) is 36.4 Å². The van der Waals surface area contributed by atoms with Crippen LogP contribution in [0.4, 0.5) is 0 Å². The van der Waals surface area contributed by atoms with Crippen LogP contribution < -0.4 is 10.9 Å². The highest BCUT2D eigenvalue weighted by Crippen LogP contribution is 2.63. The van der Waals surface area contributed by atoms with Crippen molar-refractivity contribution in [2.24, 2.45) is 5.41 Å². The van der Waals surface area contributed by atoms with E-state index in [2.05, 4.69) is 26.4 Å². The molecule has 1 aliphatic carbocycles. The van der Waals surface area contributed by atoms with Crippen LogP contribution in [0, 0.1) is 5.41 Å². The molecule has 2 aromatic rings. The monoisotopic (exact) mass is 354 g/mol. The predicted molar refractivity (Wildman–Crippen MR) is 81.9 cm³/mol. The molecule has 3 rings (SSSR count). The molecule has 2 N–H and O–H groups in total. The van der Waals surface area contributed by atoms with Crippen LogP contribution in [0.15, 0.2) is 30.6 Å². The summed E-state index contributed by atoms with van der Waals surface area (Å²) < 4.78 is 0.368. The fraction of sp³-hybridized carbons (Fsp3) is 0.308. The molecule has 120 valence electrons. The van der Waals surface area contributed by atoms with Gasteiger partial charge >= 0.3 is 0 Å². The molecule has 2 amide bonds. The Labute approximate surface area is 141 Å². The number of hydrogen-bond acceptors (Lipinski definition) is 5. The minimum absolute atomic E-state index is 0.339. The van der Waals surface area contributed by atoms with Crippen LogP contribution in [0.3, 0.4) is 0 Å². The summed E-state index contributed by atoms with van der Waals surface area (Å²) in [5.74, 6) is -0.887. The number of hydrazine groups is 1. The van der Waals surface area contributed by atoms with Crippen molar-refractivity contribution in [3.05, 3.63) is 36.2 Å². The molecule has 10 heteroatoms. The van der Waals surface area contributed by atoms with Gasteiger partial charge in [-0.3, -0.25) is 20.4 Å². The van der Waals surface area contributed by atoms with Crippen molar-refractivity contribution >= 4 is 35.0 Å². The van der Waals surface area contributed by atoms with Crippen LogP contribution in [0.2, 0.25) is 0 Å². The molecular weight excluding hydrogens is 343 g/mol. The maximum absolute atomic E-state index is 12.0. The van der Waals surface area contributed by atoms with Gasteiger partial charge in [-0.2, -0.15) is 0 Å². The third-order valence-electron chi connectivity index (χ3n) is 3.79. The number of carbonyl (C=O) groups is 2. The molecule has 23 heavy (non-hydrogen) atoms. The molecule has 0 saturated heterocycles. The molecule has 1 heterocycles. The van der Waals surface area contributed by atoms with E-state index in [-0.39, 0.29) is 0 Å². The summed E-state index contributed by atoms with van der Waals surface area (Å²) in [4.78, 5) is 24.0. The normalized spacial score (nSPS) is 21.5. The Morgan fingerprint density at radius 3 is 2.39 bits per heavy atom. The van der Waals surface area contributed by atoms with Crippen molar-refractivity contribution in [2.45, 2.75) is 17.7 Å². The molecule has 0 spiro atoms. The van der Waals surface area contributed by atoms with E-state index in [9.17, 15) is 9.59 Å². The largest absolute Gasteiger partial charge is 0.273 e. The number of nitrogens with zero attached hydrogens (tertiary/aromatic N) is 4. The highest BCUT2D eigenvalue weighted by atomic mass is 35.5. The van der Waals surface area contributed by atoms with Gasteiger partial charge < -0.3 is 0 Å². The van der Waals surface area contributed by atoms with Crippen molar-refractivity contribution in [1.29, 1.82) is 0 Å². The molecule has 1 unspecified atom stereocenters. The van der Waals surface area contributed by atoms with Crippen molar-refractivity contribution in [3.63, 3.8) is 0 Å². The minimum Gasteiger partial charge on any atom is -0.273 e. The van der Waals surface area contributed by atoms with Gasteiger partial charge in [-0.05, 0) is 48.0 Å². The smallest absolute Gasteiger partial charge is 0.269 e. The van der Waals surface area contributed by atoms with Gasteiger partial charge in [0.25, 0.3) is 5.91 Å². The van der Waals surface area contributed by atoms with Crippen molar-refractivity contribution < 1.29 is 9.59 Å². The molecule has 1 fully saturated rings. The second-order valence-electron chi connectivity index (χ2n) is 5.42. The highest BCUT2D eigenvalue weighted by Gasteiger charge is 2.68. The SMILES string of the molecule is CC1(C(=O)NNC(=O)c2ccc(-n3cnnn3)cc2)CC1(Cl)Cl. The number of amides is 2. The van der Waals surface area contributed by atoms with Crippen LogP contribution in [-0.2, 0) is 4.79 Å². The number of carbonyl (C=O) groups excluding carboxylic acids is 2. The highest BCUT2D eigenvalue weighted by molar-refractivity contribution is 6.53. The van der Waals surface area contributed by atoms with Crippen molar-refractivity contribution in [2.75, 3.05) is 0 Å². The second-order valence-corrected chi connectivity index (χ2v) is 6.91. The van der Waals surface area contributed by atoms with Crippen LogP contribution in [0.5, 0.6) is 0 Å².